The predicted octanol–water partition coefficient (Wildman–Crippen LogP) is 3.16. The van der Waals surface area contributed by atoms with Gasteiger partial charge in [0.2, 0.25) is 5.91 Å². The second-order valence-electron chi connectivity index (χ2n) is 4.18. The van der Waals surface area contributed by atoms with Crippen LogP contribution in [-0.2, 0) is 11.3 Å². The summed E-state index contributed by atoms with van der Waals surface area (Å²) in [5, 5.41) is 1.72. The molecule has 0 spiro atoms. The molecule has 1 aromatic heterocycles. The van der Waals surface area contributed by atoms with Crippen molar-refractivity contribution >= 4 is 28.4 Å². The first-order valence-electron chi connectivity index (χ1n) is 6.18. The third-order valence-corrected chi connectivity index (χ3v) is 3.51. The van der Waals surface area contributed by atoms with Crippen LogP contribution in [0.15, 0.2) is 30.5 Å². The summed E-state index contributed by atoms with van der Waals surface area (Å²) < 4.78 is 1.95. The Morgan fingerprint density at radius 3 is 2.67 bits per heavy atom. The van der Waals surface area contributed by atoms with Crippen molar-refractivity contribution in [1.82, 2.24) is 9.47 Å². The Bertz CT molecular complexity index is 558. The van der Waals surface area contributed by atoms with Gasteiger partial charge in [-0.1, -0.05) is 17.7 Å². The van der Waals surface area contributed by atoms with Gasteiger partial charge in [-0.25, -0.2) is 0 Å². The van der Waals surface area contributed by atoms with Crippen molar-refractivity contribution in [2.24, 2.45) is 0 Å². The topological polar surface area (TPSA) is 25.2 Å². The van der Waals surface area contributed by atoms with Crippen molar-refractivity contribution < 1.29 is 4.79 Å². The molecular formula is C14H17ClN2O. The zero-order valence-electron chi connectivity index (χ0n) is 10.7. The Morgan fingerprint density at radius 2 is 2.00 bits per heavy atom. The van der Waals surface area contributed by atoms with Gasteiger partial charge in [0, 0.05) is 35.2 Å². The molecule has 18 heavy (non-hydrogen) atoms. The summed E-state index contributed by atoms with van der Waals surface area (Å²) in [5.74, 6) is 0.137. The smallest absolute Gasteiger partial charge is 0.242 e. The van der Waals surface area contributed by atoms with E-state index in [1.54, 1.807) is 0 Å². The third-order valence-electron chi connectivity index (χ3n) is 3.18. The fraction of sp³-hybridized carbons (Fsp3) is 0.357. The molecule has 0 aliphatic heterocycles. The first-order chi connectivity index (χ1) is 8.67. The van der Waals surface area contributed by atoms with Gasteiger partial charge in [-0.2, -0.15) is 0 Å². The lowest BCUT2D eigenvalue weighted by Gasteiger charge is -2.19. The third kappa shape index (κ3) is 2.36. The Morgan fingerprint density at radius 1 is 1.28 bits per heavy atom. The fourth-order valence-corrected chi connectivity index (χ4v) is 2.38. The zero-order chi connectivity index (χ0) is 13.1. The van der Waals surface area contributed by atoms with Crippen LogP contribution in [0.2, 0.25) is 5.02 Å². The highest BCUT2D eigenvalue weighted by Crippen LogP contribution is 2.24. The molecule has 0 aliphatic carbocycles. The van der Waals surface area contributed by atoms with E-state index in [-0.39, 0.29) is 5.91 Å². The lowest BCUT2D eigenvalue weighted by atomic mass is 10.2. The van der Waals surface area contributed by atoms with Gasteiger partial charge in [-0.05, 0) is 32.0 Å². The predicted molar refractivity (Wildman–Crippen MR) is 74.9 cm³/mol. The molecule has 1 aromatic carbocycles. The zero-order valence-corrected chi connectivity index (χ0v) is 11.4. The number of aromatic nitrogens is 1. The summed E-state index contributed by atoms with van der Waals surface area (Å²) in [6.07, 6.45) is 1.91. The number of hydrogen-bond donors (Lipinski definition) is 0. The molecule has 4 heteroatoms. The quantitative estimate of drug-likeness (QED) is 0.833. The van der Waals surface area contributed by atoms with E-state index in [0.29, 0.717) is 6.54 Å². The van der Waals surface area contributed by atoms with E-state index >= 15 is 0 Å². The van der Waals surface area contributed by atoms with Crippen LogP contribution in [0.3, 0.4) is 0 Å². The number of carbonyl (C=O) groups excluding carboxylic acids is 1. The summed E-state index contributed by atoms with van der Waals surface area (Å²) in [4.78, 5) is 13.9. The van der Waals surface area contributed by atoms with Crippen LogP contribution in [0.1, 0.15) is 13.8 Å². The maximum absolute atomic E-state index is 12.1. The molecule has 2 rings (SSSR count). The molecule has 96 valence electrons. The highest BCUT2D eigenvalue weighted by molar-refractivity contribution is 6.35. The minimum absolute atomic E-state index is 0.137. The summed E-state index contributed by atoms with van der Waals surface area (Å²) in [6.45, 7) is 5.84. The van der Waals surface area contributed by atoms with Crippen molar-refractivity contribution in [3.63, 3.8) is 0 Å². The molecule has 3 nitrogen and oxygen atoms in total. The first kappa shape index (κ1) is 13.0. The number of halogens is 1. The van der Waals surface area contributed by atoms with Crippen LogP contribution in [0, 0.1) is 0 Å². The number of fused-ring (bicyclic) bond motifs is 1. The fourth-order valence-electron chi connectivity index (χ4n) is 2.15. The van der Waals surface area contributed by atoms with E-state index < -0.39 is 0 Å². The Kier molecular flexibility index (Phi) is 3.92. The van der Waals surface area contributed by atoms with Gasteiger partial charge in [0.25, 0.3) is 0 Å². The molecule has 1 heterocycles. The molecule has 0 saturated carbocycles. The molecule has 0 aliphatic rings. The first-order valence-corrected chi connectivity index (χ1v) is 6.56. The molecule has 0 atom stereocenters. The maximum atomic E-state index is 12.1. The average Bonchev–Trinajstić information content (AvgIpc) is 2.76. The number of carbonyl (C=O) groups is 1. The van der Waals surface area contributed by atoms with Crippen LogP contribution < -0.4 is 0 Å². The van der Waals surface area contributed by atoms with Crippen LogP contribution in [-0.4, -0.2) is 28.5 Å². The minimum Gasteiger partial charge on any atom is -0.342 e. The molecule has 0 fully saturated rings. The highest BCUT2D eigenvalue weighted by Gasteiger charge is 2.12. The summed E-state index contributed by atoms with van der Waals surface area (Å²) >= 11 is 6.12. The van der Waals surface area contributed by atoms with Crippen molar-refractivity contribution in [2.75, 3.05) is 13.1 Å². The number of hydrogen-bond acceptors (Lipinski definition) is 1. The Labute approximate surface area is 112 Å². The lowest BCUT2D eigenvalue weighted by molar-refractivity contribution is -0.131. The summed E-state index contributed by atoms with van der Waals surface area (Å²) in [6, 6.07) is 7.70. The number of nitrogens with zero attached hydrogens (tertiary/aromatic N) is 2. The minimum atomic E-state index is 0.137. The van der Waals surface area contributed by atoms with Gasteiger partial charge in [-0.15, -0.1) is 0 Å². The van der Waals surface area contributed by atoms with Crippen molar-refractivity contribution in [2.45, 2.75) is 20.4 Å². The van der Waals surface area contributed by atoms with E-state index in [4.69, 9.17) is 11.6 Å². The van der Waals surface area contributed by atoms with E-state index in [9.17, 15) is 4.79 Å². The van der Waals surface area contributed by atoms with Gasteiger partial charge in [-0.3, -0.25) is 4.79 Å². The highest BCUT2D eigenvalue weighted by atomic mass is 35.5. The van der Waals surface area contributed by atoms with Gasteiger partial charge >= 0.3 is 0 Å². The molecule has 0 unspecified atom stereocenters. The van der Waals surface area contributed by atoms with E-state index in [2.05, 4.69) is 0 Å². The van der Waals surface area contributed by atoms with Gasteiger partial charge in [0.05, 0.1) is 0 Å². The van der Waals surface area contributed by atoms with Crippen LogP contribution in [0.5, 0.6) is 0 Å². The molecule has 0 radical (unpaired) electrons. The second kappa shape index (κ2) is 5.44. The van der Waals surface area contributed by atoms with Crippen molar-refractivity contribution in [1.29, 1.82) is 0 Å². The number of amides is 1. The standard InChI is InChI=1S/C14H17ClN2O/c1-3-16(4-2)14(18)10-17-9-8-11-12(15)6-5-7-13(11)17/h5-9H,3-4,10H2,1-2H3. The Balaban J connectivity index is 2.27. The maximum Gasteiger partial charge on any atom is 0.242 e. The van der Waals surface area contributed by atoms with E-state index in [1.807, 2.05) is 53.8 Å². The molecule has 2 aromatic rings. The lowest BCUT2D eigenvalue weighted by Crippen LogP contribution is -2.33. The van der Waals surface area contributed by atoms with E-state index in [0.717, 1.165) is 29.0 Å². The van der Waals surface area contributed by atoms with E-state index in [1.165, 1.54) is 0 Å². The Hall–Kier alpha value is -1.48. The molecule has 1 amide bonds. The summed E-state index contributed by atoms with van der Waals surface area (Å²) in [7, 11) is 0. The van der Waals surface area contributed by atoms with Crippen molar-refractivity contribution in [3.8, 4) is 0 Å². The van der Waals surface area contributed by atoms with Gasteiger partial charge in [0.15, 0.2) is 0 Å². The van der Waals surface area contributed by atoms with Crippen LogP contribution in [0.25, 0.3) is 10.9 Å². The molecular weight excluding hydrogens is 248 g/mol. The molecule has 0 N–H and O–H groups in total. The normalized spacial score (nSPS) is 10.8. The van der Waals surface area contributed by atoms with Gasteiger partial charge in [0.1, 0.15) is 6.54 Å². The average molecular weight is 265 g/mol. The SMILES string of the molecule is CCN(CC)C(=O)Cn1ccc2c(Cl)cccc21. The number of benzene rings is 1. The molecule has 0 saturated heterocycles. The number of likely N-dealkylation sites (N-methyl/N-ethyl adjacent to an activating group) is 1. The van der Waals surface area contributed by atoms with Crippen molar-refractivity contribution in [3.05, 3.63) is 35.5 Å². The number of rotatable bonds is 4. The van der Waals surface area contributed by atoms with Gasteiger partial charge < -0.3 is 9.47 Å². The van der Waals surface area contributed by atoms with Crippen LogP contribution >= 0.6 is 11.6 Å². The second-order valence-corrected chi connectivity index (χ2v) is 4.59. The molecule has 0 bridgehead atoms. The van der Waals surface area contributed by atoms with Crippen LogP contribution in [0.4, 0.5) is 0 Å². The summed E-state index contributed by atoms with van der Waals surface area (Å²) in [5.41, 5.74) is 1.00. The monoisotopic (exact) mass is 264 g/mol. The largest absolute Gasteiger partial charge is 0.342 e.